The summed E-state index contributed by atoms with van der Waals surface area (Å²) in [6.07, 6.45) is 0. The van der Waals surface area contributed by atoms with Gasteiger partial charge in [-0.2, -0.15) is 4.31 Å². The van der Waals surface area contributed by atoms with Crippen LogP contribution in [0.15, 0.2) is 70.9 Å². The Morgan fingerprint density at radius 3 is 2.12 bits per heavy atom. The van der Waals surface area contributed by atoms with Crippen molar-refractivity contribution in [3.63, 3.8) is 0 Å². The summed E-state index contributed by atoms with van der Waals surface area (Å²) in [6.45, 7) is 6.21. The third kappa shape index (κ3) is 4.98. The number of carbonyl (C=O) groups excluding carboxylic acids is 2. The molecule has 32 heavy (non-hydrogen) atoms. The Labute approximate surface area is 192 Å². The molecule has 0 aliphatic heterocycles. The fourth-order valence-electron chi connectivity index (χ4n) is 3.42. The van der Waals surface area contributed by atoms with Gasteiger partial charge in [0.05, 0.1) is 21.4 Å². The average molecular weight is 471 g/mol. The Morgan fingerprint density at radius 2 is 1.56 bits per heavy atom. The van der Waals surface area contributed by atoms with Crippen LogP contribution in [-0.2, 0) is 10.0 Å². The van der Waals surface area contributed by atoms with Crippen LogP contribution in [0.3, 0.4) is 0 Å². The Bertz CT molecular complexity index is 1180. The highest BCUT2D eigenvalue weighted by Crippen LogP contribution is 2.22. The van der Waals surface area contributed by atoms with Crippen LogP contribution in [0.1, 0.15) is 58.0 Å². The largest absolute Gasteiger partial charge is 0.345 e. The number of thiophene rings is 1. The molecule has 3 rings (SSSR count). The zero-order valence-electron chi connectivity index (χ0n) is 18.2. The fraction of sp³-hybridized carbons (Fsp3) is 0.250. The SMILES string of the molecule is CCN(CC)S(=O)(=O)c1ccc(C(C)NC(=O)c2ccccc2C(=O)c2cccs2)cc1. The lowest BCUT2D eigenvalue weighted by atomic mass is 10.0. The zero-order valence-corrected chi connectivity index (χ0v) is 19.9. The minimum Gasteiger partial charge on any atom is -0.345 e. The van der Waals surface area contributed by atoms with Crippen LogP contribution in [0.5, 0.6) is 0 Å². The first-order valence-electron chi connectivity index (χ1n) is 10.4. The van der Waals surface area contributed by atoms with Crippen molar-refractivity contribution < 1.29 is 18.0 Å². The molecule has 1 heterocycles. The lowest BCUT2D eigenvalue weighted by molar-refractivity contribution is 0.0930. The molecule has 0 saturated carbocycles. The topological polar surface area (TPSA) is 83.6 Å². The molecule has 6 nitrogen and oxygen atoms in total. The predicted molar refractivity (Wildman–Crippen MR) is 127 cm³/mol. The number of hydrogen-bond acceptors (Lipinski definition) is 5. The van der Waals surface area contributed by atoms with E-state index in [9.17, 15) is 18.0 Å². The first-order valence-corrected chi connectivity index (χ1v) is 12.7. The van der Waals surface area contributed by atoms with Gasteiger partial charge in [-0.3, -0.25) is 9.59 Å². The molecule has 0 aliphatic rings. The van der Waals surface area contributed by atoms with Gasteiger partial charge in [0.1, 0.15) is 0 Å². The molecule has 3 aromatic rings. The summed E-state index contributed by atoms with van der Waals surface area (Å²) in [6, 6.07) is 16.4. The van der Waals surface area contributed by atoms with Crippen molar-refractivity contribution in [3.05, 3.63) is 87.6 Å². The second-order valence-electron chi connectivity index (χ2n) is 7.21. The predicted octanol–water partition coefficient (Wildman–Crippen LogP) is 4.50. The number of carbonyl (C=O) groups is 2. The van der Waals surface area contributed by atoms with Gasteiger partial charge in [0, 0.05) is 18.7 Å². The Kier molecular flexibility index (Phi) is 7.60. The minimum atomic E-state index is -3.54. The van der Waals surface area contributed by atoms with Crippen molar-refractivity contribution in [1.29, 1.82) is 0 Å². The maximum Gasteiger partial charge on any atom is 0.252 e. The molecular weight excluding hydrogens is 444 g/mol. The lowest BCUT2D eigenvalue weighted by Gasteiger charge is -2.19. The molecule has 1 atom stereocenters. The maximum atomic E-state index is 13.0. The summed E-state index contributed by atoms with van der Waals surface area (Å²) in [5.41, 5.74) is 1.41. The Morgan fingerprint density at radius 1 is 0.938 bits per heavy atom. The van der Waals surface area contributed by atoms with E-state index in [1.54, 1.807) is 74.5 Å². The smallest absolute Gasteiger partial charge is 0.252 e. The van der Waals surface area contributed by atoms with Crippen LogP contribution in [0, 0.1) is 0 Å². The molecule has 2 aromatic carbocycles. The molecule has 0 spiro atoms. The average Bonchev–Trinajstić information content (AvgIpc) is 3.34. The molecule has 1 amide bonds. The van der Waals surface area contributed by atoms with E-state index in [4.69, 9.17) is 0 Å². The van der Waals surface area contributed by atoms with Crippen LogP contribution in [-0.4, -0.2) is 37.5 Å². The molecule has 0 bridgehead atoms. The van der Waals surface area contributed by atoms with Gasteiger partial charge in [-0.1, -0.05) is 50.2 Å². The van der Waals surface area contributed by atoms with Crippen LogP contribution >= 0.6 is 11.3 Å². The van der Waals surface area contributed by atoms with Gasteiger partial charge >= 0.3 is 0 Å². The highest BCUT2D eigenvalue weighted by Gasteiger charge is 2.23. The molecular formula is C24H26N2O4S2. The Balaban J connectivity index is 1.78. The summed E-state index contributed by atoms with van der Waals surface area (Å²) in [4.78, 5) is 26.5. The number of nitrogens with one attached hydrogen (secondary N) is 1. The molecule has 0 aliphatic carbocycles. The van der Waals surface area contributed by atoms with Gasteiger partial charge in [0.25, 0.3) is 5.91 Å². The molecule has 1 aromatic heterocycles. The number of ketones is 1. The van der Waals surface area contributed by atoms with Gasteiger partial charge < -0.3 is 5.32 Å². The van der Waals surface area contributed by atoms with E-state index >= 15 is 0 Å². The van der Waals surface area contributed by atoms with E-state index in [2.05, 4.69) is 5.32 Å². The third-order valence-electron chi connectivity index (χ3n) is 5.23. The summed E-state index contributed by atoms with van der Waals surface area (Å²) in [7, 11) is -3.54. The lowest BCUT2D eigenvalue weighted by Crippen LogP contribution is -2.30. The molecule has 0 radical (unpaired) electrons. The number of rotatable bonds is 9. The van der Waals surface area contributed by atoms with E-state index in [0.29, 0.717) is 29.1 Å². The van der Waals surface area contributed by atoms with E-state index in [0.717, 1.165) is 5.56 Å². The molecule has 0 saturated heterocycles. The van der Waals surface area contributed by atoms with E-state index < -0.39 is 10.0 Å². The Hall–Kier alpha value is -2.81. The normalized spacial score (nSPS) is 12.5. The number of amides is 1. The quantitative estimate of drug-likeness (QED) is 0.467. The van der Waals surface area contributed by atoms with Gasteiger partial charge in [0.15, 0.2) is 0 Å². The number of hydrogen-bond donors (Lipinski definition) is 1. The fourth-order valence-corrected chi connectivity index (χ4v) is 5.55. The second kappa shape index (κ2) is 10.2. The van der Waals surface area contributed by atoms with Gasteiger partial charge in [0.2, 0.25) is 15.8 Å². The highest BCUT2D eigenvalue weighted by atomic mass is 32.2. The van der Waals surface area contributed by atoms with Crippen molar-refractivity contribution in [1.82, 2.24) is 9.62 Å². The van der Waals surface area contributed by atoms with Crippen molar-refractivity contribution >= 4 is 33.1 Å². The van der Waals surface area contributed by atoms with Crippen LogP contribution in [0.2, 0.25) is 0 Å². The standard InChI is InChI=1S/C24H26N2O4S2/c1-4-26(5-2)32(29,30)19-14-12-18(13-15-19)17(3)25-24(28)21-10-7-6-9-20(21)23(27)22-11-8-16-31-22/h6-17H,4-5H2,1-3H3,(H,25,28). The van der Waals surface area contributed by atoms with Crippen molar-refractivity contribution in [2.24, 2.45) is 0 Å². The maximum absolute atomic E-state index is 13.0. The molecule has 8 heteroatoms. The van der Waals surface area contributed by atoms with Crippen molar-refractivity contribution in [3.8, 4) is 0 Å². The van der Waals surface area contributed by atoms with Gasteiger partial charge in [-0.25, -0.2) is 8.42 Å². The van der Waals surface area contributed by atoms with Crippen LogP contribution in [0.25, 0.3) is 0 Å². The number of sulfonamides is 1. The molecule has 1 unspecified atom stereocenters. The van der Waals surface area contributed by atoms with E-state index in [1.807, 2.05) is 12.3 Å². The molecule has 168 valence electrons. The molecule has 0 fully saturated rings. The first kappa shape index (κ1) is 23.8. The van der Waals surface area contributed by atoms with E-state index in [1.165, 1.54) is 15.6 Å². The summed E-state index contributed by atoms with van der Waals surface area (Å²) in [5.74, 6) is -0.554. The van der Waals surface area contributed by atoms with Crippen molar-refractivity contribution in [2.45, 2.75) is 31.7 Å². The molecule has 1 N–H and O–H groups in total. The highest BCUT2D eigenvalue weighted by molar-refractivity contribution is 7.89. The van der Waals surface area contributed by atoms with Gasteiger partial charge in [-0.15, -0.1) is 11.3 Å². The second-order valence-corrected chi connectivity index (χ2v) is 10.1. The van der Waals surface area contributed by atoms with E-state index in [-0.39, 0.29) is 22.6 Å². The summed E-state index contributed by atoms with van der Waals surface area (Å²) >= 11 is 1.33. The third-order valence-corrected chi connectivity index (χ3v) is 8.16. The zero-order chi connectivity index (χ0) is 23.3. The van der Waals surface area contributed by atoms with Crippen LogP contribution < -0.4 is 5.32 Å². The number of nitrogens with zero attached hydrogens (tertiary/aromatic N) is 1. The monoisotopic (exact) mass is 470 g/mol. The number of benzene rings is 2. The van der Waals surface area contributed by atoms with Crippen LogP contribution in [0.4, 0.5) is 0 Å². The first-order chi connectivity index (χ1) is 15.3. The van der Waals surface area contributed by atoms with Crippen molar-refractivity contribution in [2.75, 3.05) is 13.1 Å². The summed E-state index contributed by atoms with van der Waals surface area (Å²) < 4.78 is 26.7. The van der Waals surface area contributed by atoms with Gasteiger partial charge in [-0.05, 0) is 42.1 Å². The minimum absolute atomic E-state index is 0.190. The summed E-state index contributed by atoms with van der Waals surface area (Å²) in [5, 5.41) is 4.73.